The molecule has 0 bridgehead atoms. The van der Waals surface area contributed by atoms with Crippen molar-refractivity contribution < 1.29 is 9.53 Å². The molecule has 2 N–H and O–H groups in total. The van der Waals surface area contributed by atoms with Gasteiger partial charge in [0.1, 0.15) is 0 Å². The molecule has 0 fully saturated rings. The molecule has 0 aliphatic carbocycles. The molecule has 0 aromatic heterocycles. The summed E-state index contributed by atoms with van der Waals surface area (Å²) in [5.74, 6) is -0.348. The molecule has 0 aliphatic rings. The first-order chi connectivity index (χ1) is 7.15. The summed E-state index contributed by atoms with van der Waals surface area (Å²) in [5.41, 5.74) is 8.97. The summed E-state index contributed by atoms with van der Waals surface area (Å²) in [6, 6.07) is 3.92. The molecule has 0 aliphatic heterocycles. The summed E-state index contributed by atoms with van der Waals surface area (Å²) < 4.78 is 4.74. The van der Waals surface area contributed by atoms with Gasteiger partial charge in [-0.15, -0.1) is 0 Å². The van der Waals surface area contributed by atoms with E-state index >= 15 is 0 Å². The van der Waals surface area contributed by atoms with Crippen LogP contribution in [0.3, 0.4) is 0 Å². The summed E-state index contributed by atoms with van der Waals surface area (Å²) in [6.07, 6.45) is 1.60. The third kappa shape index (κ3) is 2.12. The van der Waals surface area contributed by atoms with Crippen LogP contribution in [0.15, 0.2) is 12.1 Å². The van der Waals surface area contributed by atoms with Crippen LogP contribution in [0.1, 0.15) is 35.3 Å². The number of esters is 1. The quantitative estimate of drug-likeness (QED) is 0.610. The number of benzene rings is 1. The molecule has 0 saturated carbocycles. The Morgan fingerprint density at radius 1 is 1.27 bits per heavy atom. The molecular formula is C12H17NO2. The Morgan fingerprint density at radius 3 is 2.27 bits per heavy atom. The molecule has 1 aromatic rings. The van der Waals surface area contributed by atoms with E-state index in [1.54, 1.807) is 0 Å². The van der Waals surface area contributed by atoms with E-state index < -0.39 is 0 Å². The van der Waals surface area contributed by atoms with Crippen molar-refractivity contribution in [2.45, 2.75) is 26.7 Å². The minimum atomic E-state index is -0.348. The van der Waals surface area contributed by atoms with E-state index in [0.29, 0.717) is 11.3 Å². The number of hydrogen-bond acceptors (Lipinski definition) is 3. The van der Waals surface area contributed by atoms with Gasteiger partial charge in [-0.3, -0.25) is 0 Å². The van der Waals surface area contributed by atoms with Gasteiger partial charge in [0.2, 0.25) is 0 Å². The SMILES string of the molecule is CCc1ccc(CC)c(C(=O)OC)c1N. The number of methoxy groups -OCH3 is 1. The standard InChI is InChI=1S/C12H17NO2/c1-4-8-6-7-9(5-2)11(13)10(8)12(14)15-3/h6-7H,4-5,13H2,1-3H3. The molecule has 0 atom stereocenters. The number of carbonyl (C=O) groups is 1. The maximum Gasteiger partial charge on any atom is 0.340 e. The van der Waals surface area contributed by atoms with Crippen LogP contribution in [0.25, 0.3) is 0 Å². The van der Waals surface area contributed by atoms with Gasteiger partial charge in [0, 0.05) is 5.69 Å². The Kier molecular flexibility index (Phi) is 3.72. The van der Waals surface area contributed by atoms with E-state index in [-0.39, 0.29) is 5.97 Å². The Balaban J connectivity index is 3.35. The molecular weight excluding hydrogens is 190 g/mol. The first kappa shape index (κ1) is 11.6. The number of carbonyl (C=O) groups excluding carboxylic acids is 1. The fraction of sp³-hybridized carbons (Fsp3) is 0.417. The molecule has 0 amide bonds. The number of hydrogen-bond donors (Lipinski definition) is 1. The highest BCUT2D eigenvalue weighted by Gasteiger charge is 2.16. The zero-order valence-electron chi connectivity index (χ0n) is 9.46. The van der Waals surface area contributed by atoms with Gasteiger partial charge in [-0.2, -0.15) is 0 Å². The third-order valence-corrected chi connectivity index (χ3v) is 2.57. The van der Waals surface area contributed by atoms with Crippen LogP contribution in [-0.4, -0.2) is 13.1 Å². The van der Waals surface area contributed by atoms with Crippen molar-refractivity contribution in [1.29, 1.82) is 0 Å². The third-order valence-electron chi connectivity index (χ3n) is 2.57. The summed E-state index contributed by atoms with van der Waals surface area (Å²) in [7, 11) is 1.37. The Labute approximate surface area is 90.2 Å². The topological polar surface area (TPSA) is 52.3 Å². The molecule has 82 valence electrons. The summed E-state index contributed by atoms with van der Waals surface area (Å²) in [6.45, 7) is 4.01. The van der Waals surface area contributed by atoms with Gasteiger partial charge in [-0.05, 0) is 24.0 Å². The zero-order chi connectivity index (χ0) is 11.4. The second-order valence-electron chi connectivity index (χ2n) is 3.37. The monoisotopic (exact) mass is 207 g/mol. The molecule has 1 rings (SSSR count). The predicted octanol–water partition coefficient (Wildman–Crippen LogP) is 2.18. The molecule has 0 saturated heterocycles. The molecule has 0 radical (unpaired) electrons. The number of rotatable bonds is 3. The first-order valence-corrected chi connectivity index (χ1v) is 5.14. The molecule has 3 nitrogen and oxygen atoms in total. The fourth-order valence-corrected chi connectivity index (χ4v) is 1.65. The highest BCUT2D eigenvalue weighted by atomic mass is 16.5. The number of ether oxygens (including phenoxy) is 1. The van der Waals surface area contributed by atoms with Crippen LogP contribution in [-0.2, 0) is 17.6 Å². The Morgan fingerprint density at radius 2 is 1.80 bits per heavy atom. The summed E-state index contributed by atoms with van der Waals surface area (Å²) >= 11 is 0. The molecule has 15 heavy (non-hydrogen) atoms. The van der Waals surface area contributed by atoms with Gasteiger partial charge >= 0.3 is 5.97 Å². The maximum atomic E-state index is 11.6. The highest BCUT2D eigenvalue weighted by molar-refractivity contribution is 5.97. The van der Waals surface area contributed by atoms with E-state index in [2.05, 4.69) is 0 Å². The van der Waals surface area contributed by atoms with Gasteiger partial charge in [-0.25, -0.2) is 4.79 Å². The second kappa shape index (κ2) is 4.82. The van der Waals surface area contributed by atoms with Crippen LogP contribution in [0.2, 0.25) is 0 Å². The smallest absolute Gasteiger partial charge is 0.340 e. The van der Waals surface area contributed by atoms with Gasteiger partial charge in [0.15, 0.2) is 0 Å². The Hall–Kier alpha value is -1.51. The largest absolute Gasteiger partial charge is 0.465 e. The van der Waals surface area contributed by atoms with Gasteiger partial charge in [0.25, 0.3) is 0 Å². The lowest BCUT2D eigenvalue weighted by Crippen LogP contribution is -2.11. The van der Waals surface area contributed by atoms with Crippen LogP contribution in [0, 0.1) is 0 Å². The van der Waals surface area contributed by atoms with Crippen molar-refractivity contribution in [3.05, 3.63) is 28.8 Å². The van der Waals surface area contributed by atoms with E-state index in [0.717, 1.165) is 24.0 Å². The maximum absolute atomic E-state index is 11.6. The van der Waals surface area contributed by atoms with E-state index in [1.807, 2.05) is 26.0 Å². The van der Waals surface area contributed by atoms with Crippen LogP contribution in [0.4, 0.5) is 5.69 Å². The van der Waals surface area contributed by atoms with Gasteiger partial charge in [0.05, 0.1) is 12.7 Å². The average molecular weight is 207 g/mol. The van der Waals surface area contributed by atoms with Crippen molar-refractivity contribution in [3.63, 3.8) is 0 Å². The van der Waals surface area contributed by atoms with E-state index in [4.69, 9.17) is 10.5 Å². The predicted molar refractivity (Wildman–Crippen MR) is 60.9 cm³/mol. The van der Waals surface area contributed by atoms with E-state index in [9.17, 15) is 4.79 Å². The van der Waals surface area contributed by atoms with E-state index in [1.165, 1.54) is 7.11 Å². The lowest BCUT2D eigenvalue weighted by Gasteiger charge is -2.12. The number of nitrogens with two attached hydrogens (primary N) is 1. The van der Waals surface area contributed by atoms with Crippen molar-refractivity contribution in [2.24, 2.45) is 0 Å². The highest BCUT2D eigenvalue weighted by Crippen LogP contribution is 2.23. The summed E-state index contributed by atoms with van der Waals surface area (Å²) in [5, 5.41) is 0. The zero-order valence-corrected chi connectivity index (χ0v) is 9.46. The minimum Gasteiger partial charge on any atom is -0.465 e. The second-order valence-corrected chi connectivity index (χ2v) is 3.37. The minimum absolute atomic E-state index is 0.348. The number of anilines is 1. The average Bonchev–Trinajstić information content (AvgIpc) is 2.27. The van der Waals surface area contributed by atoms with Crippen molar-refractivity contribution in [3.8, 4) is 0 Å². The van der Waals surface area contributed by atoms with Crippen LogP contribution in [0.5, 0.6) is 0 Å². The molecule has 0 heterocycles. The lowest BCUT2D eigenvalue weighted by molar-refractivity contribution is 0.0600. The van der Waals surface area contributed by atoms with Gasteiger partial charge in [-0.1, -0.05) is 26.0 Å². The summed E-state index contributed by atoms with van der Waals surface area (Å²) in [4.78, 5) is 11.6. The number of nitrogen functional groups attached to an aromatic ring is 1. The fourth-order valence-electron chi connectivity index (χ4n) is 1.65. The van der Waals surface area contributed by atoms with Gasteiger partial charge < -0.3 is 10.5 Å². The lowest BCUT2D eigenvalue weighted by atomic mass is 9.98. The normalized spacial score (nSPS) is 10.1. The molecule has 3 heteroatoms. The van der Waals surface area contributed by atoms with Crippen LogP contribution >= 0.6 is 0 Å². The van der Waals surface area contributed by atoms with Crippen molar-refractivity contribution >= 4 is 11.7 Å². The number of aryl methyl sites for hydroxylation is 2. The Bertz CT molecular complexity index is 372. The first-order valence-electron chi connectivity index (χ1n) is 5.14. The van der Waals surface area contributed by atoms with Crippen molar-refractivity contribution in [2.75, 3.05) is 12.8 Å². The van der Waals surface area contributed by atoms with Crippen molar-refractivity contribution in [1.82, 2.24) is 0 Å². The molecule has 1 aromatic carbocycles. The molecule has 0 spiro atoms. The molecule has 0 unspecified atom stereocenters. The van der Waals surface area contributed by atoms with Crippen LogP contribution < -0.4 is 5.73 Å².